The minimum atomic E-state index is -0.285. The van der Waals surface area contributed by atoms with Crippen LogP contribution in [0.2, 0.25) is 5.02 Å². The average molecular weight is 391 g/mol. The first-order valence-corrected chi connectivity index (χ1v) is 8.82. The predicted molar refractivity (Wildman–Crippen MR) is 107 cm³/mol. The number of anilines is 1. The van der Waals surface area contributed by atoms with Gasteiger partial charge in [-0.05, 0) is 36.2 Å². The van der Waals surface area contributed by atoms with Gasteiger partial charge in [-0.15, -0.1) is 0 Å². The summed E-state index contributed by atoms with van der Waals surface area (Å²) in [4.78, 5) is 25.0. The van der Waals surface area contributed by atoms with Gasteiger partial charge in [0.1, 0.15) is 0 Å². The van der Waals surface area contributed by atoms with Gasteiger partial charge in [-0.2, -0.15) is 5.10 Å². The number of nitrogens with zero attached hydrogens (tertiary/aromatic N) is 4. The Balaban J connectivity index is 1.58. The van der Waals surface area contributed by atoms with E-state index in [1.165, 1.54) is 12.4 Å². The monoisotopic (exact) mass is 390 g/mol. The molecule has 0 atom stereocenters. The third-order valence-electron chi connectivity index (χ3n) is 4.25. The lowest BCUT2D eigenvalue weighted by molar-refractivity contribution is 0.102. The van der Waals surface area contributed by atoms with Crippen LogP contribution in [-0.4, -0.2) is 31.1 Å². The van der Waals surface area contributed by atoms with E-state index in [0.717, 1.165) is 22.3 Å². The molecule has 4 rings (SSSR count). The molecule has 3 heterocycles. The minimum absolute atomic E-state index is 0.285. The Labute approximate surface area is 165 Å². The standard InChI is InChI=1S/C20H15ClN6O/c1-12-4-5-22-9-16(12)20(28)27-19-11-23-18(10-24-19)15-6-13(2-3-17(15)21)14-7-25-26-8-14/h2-11H,1H3,(H,25,26)(H,24,27,28). The Morgan fingerprint density at radius 1 is 1.07 bits per heavy atom. The Morgan fingerprint density at radius 3 is 2.68 bits per heavy atom. The number of carbonyl (C=O) groups excluding carboxylic acids is 1. The number of nitrogens with one attached hydrogen (secondary N) is 2. The van der Waals surface area contributed by atoms with Gasteiger partial charge in [-0.25, -0.2) is 4.98 Å². The summed E-state index contributed by atoms with van der Waals surface area (Å²) in [7, 11) is 0. The average Bonchev–Trinajstić information content (AvgIpc) is 3.24. The molecule has 8 heteroatoms. The molecule has 138 valence electrons. The predicted octanol–water partition coefficient (Wildman–Crippen LogP) is 4.14. The van der Waals surface area contributed by atoms with Crippen LogP contribution < -0.4 is 5.32 Å². The summed E-state index contributed by atoms with van der Waals surface area (Å²) < 4.78 is 0. The fourth-order valence-corrected chi connectivity index (χ4v) is 2.94. The smallest absolute Gasteiger partial charge is 0.258 e. The van der Waals surface area contributed by atoms with Crippen molar-refractivity contribution in [3.8, 4) is 22.4 Å². The van der Waals surface area contributed by atoms with Gasteiger partial charge in [-0.1, -0.05) is 17.7 Å². The Kier molecular flexibility index (Phi) is 4.82. The lowest BCUT2D eigenvalue weighted by atomic mass is 10.0. The largest absolute Gasteiger partial charge is 0.305 e. The van der Waals surface area contributed by atoms with Gasteiger partial charge in [0.15, 0.2) is 5.82 Å². The van der Waals surface area contributed by atoms with E-state index in [1.54, 1.807) is 30.9 Å². The van der Waals surface area contributed by atoms with Crippen LogP contribution in [0.1, 0.15) is 15.9 Å². The van der Waals surface area contributed by atoms with Crippen LogP contribution in [0.5, 0.6) is 0 Å². The molecule has 0 fully saturated rings. The first-order chi connectivity index (χ1) is 13.6. The van der Waals surface area contributed by atoms with Crippen LogP contribution in [0.25, 0.3) is 22.4 Å². The van der Waals surface area contributed by atoms with Crippen molar-refractivity contribution in [2.24, 2.45) is 0 Å². The summed E-state index contributed by atoms with van der Waals surface area (Å²) in [6, 6.07) is 7.42. The number of pyridine rings is 1. The Bertz CT molecular complexity index is 1130. The molecule has 4 aromatic rings. The number of aromatic nitrogens is 5. The summed E-state index contributed by atoms with van der Waals surface area (Å²) in [6.07, 6.45) is 9.77. The molecule has 0 aliphatic carbocycles. The molecule has 3 aromatic heterocycles. The zero-order valence-electron chi connectivity index (χ0n) is 14.8. The molecule has 0 spiro atoms. The van der Waals surface area contributed by atoms with E-state index in [4.69, 9.17) is 11.6 Å². The molecule has 1 amide bonds. The zero-order chi connectivity index (χ0) is 19.5. The maximum atomic E-state index is 12.4. The molecule has 28 heavy (non-hydrogen) atoms. The quantitative estimate of drug-likeness (QED) is 0.545. The highest BCUT2D eigenvalue weighted by Crippen LogP contribution is 2.31. The Hall–Kier alpha value is -3.58. The van der Waals surface area contributed by atoms with Crippen molar-refractivity contribution in [2.45, 2.75) is 6.92 Å². The number of rotatable bonds is 4. The fraction of sp³-hybridized carbons (Fsp3) is 0.0500. The molecular formula is C20H15ClN6O. The molecular weight excluding hydrogens is 376 g/mol. The second-order valence-electron chi connectivity index (χ2n) is 6.11. The van der Waals surface area contributed by atoms with Crippen LogP contribution in [0.15, 0.2) is 61.4 Å². The number of hydrogen-bond acceptors (Lipinski definition) is 5. The molecule has 2 N–H and O–H groups in total. The third kappa shape index (κ3) is 3.60. The molecule has 0 aliphatic heterocycles. The van der Waals surface area contributed by atoms with Crippen LogP contribution in [0.4, 0.5) is 5.82 Å². The van der Waals surface area contributed by atoms with Crippen molar-refractivity contribution in [1.82, 2.24) is 25.1 Å². The molecule has 1 aromatic carbocycles. The van der Waals surface area contributed by atoms with Gasteiger partial charge in [0.05, 0.1) is 34.9 Å². The first-order valence-electron chi connectivity index (χ1n) is 8.45. The van der Waals surface area contributed by atoms with Crippen molar-refractivity contribution < 1.29 is 4.79 Å². The number of halogens is 1. The zero-order valence-corrected chi connectivity index (χ0v) is 15.6. The van der Waals surface area contributed by atoms with E-state index in [0.29, 0.717) is 22.1 Å². The number of carbonyl (C=O) groups is 1. The van der Waals surface area contributed by atoms with Crippen LogP contribution in [0, 0.1) is 6.92 Å². The molecule has 7 nitrogen and oxygen atoms in total. The van der Waals surface area contributed by atoms with E-state index in [-0.39, 0.29) is 5.91 Å². The molecule has 0 saturated heterocycles. The van der Waals surface area contributed by atoms with Gasteiger partial charge < -0.3 is 5.32 Å². The van der Waals surface area contributed by atoms with Gasteiger partial charge in [0.25, 0.3) is 5.91 Å². The molecule has 0 bridgehead atoms. The number of aromatic amines is 1. The van der Waals surface area contributed by atoms with E-state index in [1.807, 2.05) is 25.1 Å². The third-order valence-corrected chi connectivity index (χ3v) is 4.58. The molecule has 0 aliphatic rings. The first kappa shape index (κ1) is 17.8. The summed E-state index contributed by atoms with van der Waals surface area (Å²) in [5, 5.41) is 10.0. The maximum absolute atomic E-state index is 12.4. The number of hydrogen-bond donors (Lipinski definition) is 2. The van der Waals surface area contributed by atoms with Crippen molar-refractivity contribution >= 4 is 23.3 Å². The second kappa shape index (κ2) is 7.58. The van der Waals surface area contributed by atoms with Crippen LogP contribution in [-0.2, 0) is 0 Å². The molecule has 0 saturated carbocycles. The fourth-order valence-electron chi connectivity index (χ4n) is 2.73. The van der Waals surface area contributed by atoms with E-state index in [9.17, 15) is 4.79 Å². The minimum Gasteiger partial charge on any atom is -0.305 e. The van der Waals surface area contributed by atoms with Crippen molar-refractivity contribution in [3.63, 3.8) is 0 Å². The highest BCUT2D eigenvalue weighted by Gasteiger charge is 2.12. The van der Waals surface area contributed by atoms with Crippen LogP contribution in [0.3, 0.4) is 0 Å². The molecule has 0 unspecified atom stereocenters. The van der Waals surface area contributed by atoms with Crippen molar-refractivity contribution in [3.05, 3.63) is 77.6 Å². The number of H-pyrrole nitrogens is 1. The highest BCUT2D eigenvalue weighted by molar-refractivity contribution is 6.33. The summed E-state index contributed by atoms with van der Waals surface area (Å²) >= 11 is 6.35. The summed E-state index contributed by atoms with van der Waals surface area (Å²) in [6.45, 7) is 1.85. The Morgan fingerprint density at radius 2 is 1.96 bits per heavy atom. The van der Waals surface area contributed by atoms with Gasteiger partial charge in [0, 0.05) is 29.7 Å². The maximum Gasteiger partial charge on any atom is 0.258 e. The molecule has 0 radical (unpaired) electrons. The number of amides is 1. The normalized spacial score (nSPS) is 10.6. The van der Waals surface area contributed by atoms with E-state index >= 15 is 0 Å². The SMILES string of the molecule is Cc1ccncc1C(=O)Nc1cnc(-c2cc(-c3cn[nH]c3)ccc2Cl)cn1. The second-order valence-corrected chi connectivity index (χ2v) is 6.52. The van der Waals surface area contributed by atoms with E-state index in [2.05, 4.69) is 30.5 Å². The summed E-state index contributed by atoms with van der Waals surface area (Å²) in [5.41, 5.74) is 4.57. The van der Waals surface area contributed by atoms with Crippen molar-refractivity contribution in [2.75, 3.05) is 5.32 Å². The van der Waals surface area contributed by atoms with Gasteiger partial charge >= 0.3 is 0 Å². The highest BCUT2D eigenvalue weighted by atomic mass is 35.5. The van der Waals surface area contributed by atoms with Crippen molar-refractivity contribution in [1.29, 1.82) is 0 Å². The number of aryl methyl sites for hydroxylation is 1. The summed E-state index contributed by atoms with van der Waals surface area (Å²) in [5.74, 6) is 0.0618. The van der Waals surface area contributed by atoms with Gasteiger partial charge in [0.2, 0.25) is 0 Å². The van der Waals surface area contributed by atoms with Gasteiger partial charge in [-0.3, -0.25) is 19.9 Å². The topological polar surface area (TPSA) is 96.5 Å². The van der Waals surface area contributed by atoms with E-state index < -0.39 is 0 Å². The lowest BCUT2D eigenvalue weighted by Gasteiger charge is -2.08. The lowest BCUT2D eigenvalue weighted by Crippen LogP contribution is -2.14. The van der Waals surface area contributed by atoms with Crippen LogP contribution >= 0.6 is 11.6 Å². The number of benzene rings is 1.